The molecule has 2 aromatic rings. The Kier molecular flexibility index (Phi) is 4.19. The van der Waals surface area contributed by atoms with E-state index >= 15 is 0 Å². The smallest absolute Gasteiger partial charge is 0.256 e. The Labute approximate surface area is 124 Å². The molecule has 0 atom stereocenters. The van der Waals surface area contributed by atoms with Gasteiger partial charge in [-0.05, 0) is 59.3 Å². The number of aromatic nitrogens is 1. The van der Waals surface area contributed by atoms with Gasteiger partial charge in [0.05, 0.1) is 10.7 Å². The molecule has 0 aliphatic heterocycles. The lowest BCUT2D eigenvalue weighted by molar-refractivity contribution is 0.102. The molecule has 0 saturated heterocycles. The maximum absolute atomic E-state index is 12.1. The van der Waals surface area contributed by atoms with Gasteiger partial charge in [0.15, 0.2) is 0 Å². The second-order valence-corrected chi connectivity index (χ2v) is 5.42. The van der Waals surface area contributed by atoms with Crippen LogP contribution in [-0.4, -0.2) is 10.9 Å². The number of halogens is 2. The van der Waals surface area contributed by atoms with Gasteiger partial charge in [-0.1, -0.05) is 11.6 Å². The van der Waals surface area contributed by atoms with Crippen LogP contribution in [0, 0.1) is 10.5 Å². The van der Waals surface area contributed by atoms with Crippen LogP contribution >= 0.6 is 34.2 Å². The zero-order valence-corrected chi connectivity index (χ0v) is 12.5. The number of nitrogens with zero attached hydrogens (tertiary/aromatic N) is 1. The maximum atomic E-state index is 12.1. The SMILES string of the molecule is Cc1cnccc1C(=O)Nc1ccc(I)cc1Cl. The van der Waals surface area contributed by atoms with Gasteiger partial charge >= 0.3 is 0 Å². The molecule has 0 fully saturated rings. The standard InChI is InChI=1S/C13H10ClIN2O/c1-8-7-16-5-4-10(8)13(18)17-12-3-2-9(15)6-11(12)14/h2-7H,1H3,(H,17,18). The summed E-state index contributed by atoms with van der Waals surface area (Å²) in [5, 5.41) is 3.32. The number of aryl methyl sites for hydroxylation is 1. The monoisotopic (exact) mass is 372 g/mol. The fourth-order valence-electron chi connectivity index (χ4n) is 1.51. The van der Waals surface area contributed by atoms with Crippen LogP contribution < -0.4 is 5.32 Å². The summed E-state index contributed by atoms with van der Waals surface area (Å²) in [4.78, 5) is 16.0. The minimum atomic E-state index is -0.182. The van der Waals surface area contributed by atoms with Gasteiger partial charge in [-0.15, -0.1) is 0 Å². The maximum Gasteiger partial charge on any atom is 0.256 e. The fourth-order valence-corrected chi connectivity index (χ4v) is 2.41. The molecule has 1 aromatic heterocycles. The van der Waals surface area contributed by atoms with E-state index in [9.17, 15) is 4.79 Å². The van der Waals surface area contributed by atoms with Crippen LogP contribution in [0.15, 0.2) is 36.7 Å². The van der Waals surface area contributed by atoms with E-state index in [4.69, 9.17) is 11.6 Å². The summed E-state index contributed by atoms with van der Waals surface area (Å²) >= 11 is 8.24. The van der Waals surface area contributed by atoms with Crippen LogP contribution in [0.25, 0.3) is 0 Å². The Bertz CT molecular complexity index is 601. The average Bonchev–Trinajstić information content (AvgIpc) is 2.33. The van der Waals surface area contributed by atoms with E-state index in [1.54, 1.807) is 30.6 Å². The lowest BCUT2D eigenvalue weighted by Crippen LogP contribution is -2.13. The normalized spacial score (nSPS) is 10.2. The third-order valence-electron chi connectivity index (χ3n) is 2.44. The highest BCUT2D eigenvalue weighted by Gasteiger charge is 2.10. The van der Waals surface area contributed by atoms with Gasteiger partial charge < -0.3 is 5.32 Å². The van der Waals surface area contributed by atoms with Crippen molar-refractivity contribution < 1.29 is 4.79 Å². The van der Waals surface area contributed by atoms with Crippen LogP contribution in [0.4, 0.5) is 5.69 Å². The topological polar surface area (TPSA) is 42.0 Å². The summed E-state index contributed by atoms with van der Waals surface area (Å²) in [6, 6.07) is 7.17. The molecule has 0 aliphatic carbocycles. The highest BCUT2D eigenvalue weighted by molar-refractivity contribution is 14.1. The largest absolute Gasteiger partial charge is 0.321 e. The Hall–Kier alpha value is -1.14. The number of rotatable bonds is 2. The number of carbonyl (C=O) groups is 1. The number of hydrogen-bond acceptors (Lipinski definition) is 2. The summed E-state index contributed by atoms with van der Waals surface area (Å²) in [7, 11) is 0. The van der Waals surface area contributed by atoms with Crippen molar-refractivity contribution in [2.75, 3.05) is 5.32 Å². The Balaban J connectivity index is 2.24. The van der Waals surface area contributed by atoms with Gasteiger partial charge in [0.1, 0.15) is 0 Å². The van der Waals surface area contributed by atoms with E-state index in [1.807, 2.05) is 13.0 Å². The first kappa shape index (κ1) is 13.3. The summed E-state index contributed by atoms with van der Waals surface area (Å²) in [6.07, 6.45) is 3.25. The molecular formula is C13H10ClIN2O. The van der Waals surface area contributed by atoms with Crippen molar-refractivity contribution >= 4 is 45.8 Å². The van der Waals surface area contributed by atoms with Crippen LogP contribution in [-0.2, 0) is 0 Å². The van der Waals surface area contributed by atoms with Gasteiger partial charge in [0.25, 0.3) is 5.91 Å². The molecule has 1 aromatic carbocycles. The first-order chi connectivity index (χ1) is 8.58. The van der Waals surface area contributed by atoms with E-state index < -0.39 is 0 Å². The first-order valence-corrected chi connectivity index (χ1v) is 6.70. The van der Waals surface area contributed by atoms with Crippen molar-refractivity contribution in [1.82, 2.24) is 4.98 Å². The summed E-state index contributed by atoms with van der Waals surface area (Å²) in [5.74, 6) is -0.182. The lowest BCUT2D eigenvalue weighted by atomic mass is 10.1. The predicted molar refractivity (Wildman–Crippen MR) is 81.1 cm³/mol. The number of hydrogen-bond donors (Lipinski definition) is 1. The molecule has 1 N–H and O–H groups in total. The van der Waals surface area contributed by atoms with Gasteiger partial charge in [-0.2, -0.15) is 0 Å². The van der Waals surface area contributed by atoms with Crippen LogP contribution in [0.3, 0.4) is 0 Å². The molecule has 3 nitrogen and oxygen atoms in total. The van der Waals surface area contributed by atoms with E-state index in [0.29, 0.717) is 16.3 Å². The lowest BCUT2D eigenvalue weighted by Gasteiger charge is -2.09. The van der Waals surface area contributed by atoms with Crippen molar-refractivity contribution in [2.45, 2.75) is 6.92 Å². The zero-order valence-electron chi connectivity index (χ0n) is 9.58. The minimum absolute atomic E-state index is 0.182. The molecule has 92 valence electrons. The quantitative estimate of drug-likeness (QED) is 0.813. The average molecular weight is 373 g/mol. The number of nitrogens with one attached hydrogen (secondary N) is 1. The van der Waals surface area contributed by atoms with E-state index in [1.165, 1.54) is 0 Å². The van der Waals surface area contributed by atoms with E-state index in [2.05, 4.69) is 32.9 Å². The third-order valence-corrected chi connectivity index (χ3v) is 3.43. The molecule has 1 amide bonds. The summed E-state index contributed by atoms with van der Waals surface area (Å²) < 4.78 is 1.02. The molecule has 0 spiro atoms. The molecule has 2 rings (SSSR count). The number of amides is 1. The highest BCUT2D eigenvalue weighted by Crippen LogP contribution is 2.24. The minimum Gasteiger partial charge on any atom is -0.321 e. The van der Waals surface area contributed by atoms with E-state index in [0.717, 1.165) is 9.13 Å². The molecule has 0 bridgehead atoms. The fraction of sp³-hybridized carbons (Fsp3) is 0.0769. The first-order valence-electron chi connectivity index (χ1n) is 5.25. The molecule has 0 radical (unpaired) electrons. The van der Waals surface area contributed by atoms with Crippen molar-refractivity contribution in [1.29, 1.82) is 0 Å². The Morgan fingerprint density at radius 3 is 2.83 bits per heavy atom. The van der Waals surface area contributed by atoms with Gasteiger partial charge in [-0.3, -0.25) is 9.78 Å². The van der Waals surface area contributed by atoms with Crippen LogP contribution in [0.5, 0.6) is 0 Å². The number of anilines is 1. The highest BCUT2D eigenvalue weighted by atomic mass is 127. The van der Waals surface area contributed by atoms with E-state index in [-0.39, 0.29) is 5.91 Å². The van der Waals surface area contributed by atoms with Gasteiger partial charge in [0.2, 0.25) is 0 Å². The van der Waals surface area contributed by atoms with Gasteiger partial charge in [0, 0.05) is 21.5 Å². The van der Waals surface area contributed by atoms with Crippen molar-refractivity contribution in [3.63, 3.8) is 0 Å². The molecule has 0 unspecified atom stereocenters. The summed E-state index contributed by atoms with van der Waals surface area (Å²) in [5.41, 5.74) is 2.04. The van der Waals surface area contributed by atoms with Gasteiger partial charge in [-0.25, -0.2) is 0 Å². The number of benzene rings is 1. The second kappa shape index (κ2) is 5.67. The number of carbonyl (C=O) groups excluding carboxylic acids is 1. The summed E-state index contributed by atoms with van der Waals surface area (Å²) in [6.45, 7) is 1.84. The zero-order chi connectivity index (χ0) is 13.1. The molecule has 0 saturated carbocycles. The van der Waals surface area contributed by atoms with Crippen LogP contribution in [0.1, 0.15) is 15.9 Å². The third kappa shape index (κ3) is 3.00. The van der Waals surface area contributed by atoms with Crippen molar-refractivity contribution in [3.05, 3.63) is 56.4 Å². The Morgan fingerprint density at radius 1 is 1.39 bits per heavy atom. The van der Waals surface area contributed by atoms with Crippen molar-refractivity contribution in [3.8, 4) is 0 Å². The Morgan fingerprint density at radius 2 is 2.17 bits per heavy atom. The second-order valence-electron chi connectivity index (χ2n) is 3.77. The molecular weight excluding hydrogens is 363 g/mol. The molecule has 1 heterocycles. The molecule has 5 heteroatoms. The number of pyridine rings is 1. The molecule has 18 heavy (non-hydrogen) atoms. The molecule has 0 aliphatic rings. The van der Waals surface area contributed by atoms with Crippen LogP contribution in [0.2, 0.25) is 5.02 Å². The van der Waals surface area contributed by atoms with Crippen molar-refractivity contribution in [2.24, 2.45) is 0 Å². The predicted octanol–water partition coefficient (Wildman–Crippen LogP) is 3.90.